The molecule has 0 aromatic carbocycles. The number of nitrogens with two attached hydrogens (primary N) is 1. The van der Waals surface area contributed by atoms with Crippen LogP contribution in [0.2, 0.25) is 0 Å². The summed E-state index contributed by atoms with van der Waals surface area (Å²) in [4.78, 5) is 12.1. The third-order valence-corrected chi connectivity index (χ3v) is 4.43. The summed E-state index contributed by atoms with van der Waals surface area (Å²) in [6, 6.07) is 0. The minimum atomic E-state index is 0.701. The van der Waals surface area contributed by atoms with Gasteiger partial charge in [0.1, 0.15) is 17.0 Å². The summed E-state index contributed by atoms with van der Waals surface area (Å²) in [6.45, 7) is 4.92. The summed E-state index contributed by atoms with van der Waals surface area (Å²) in [5.74, 6) is 1.75. The molecule has 0 amide bonds. The Morgan fingerprint density at radius 1 is 1.50 bits per heavy atom. The molecule has 18 heavy (non-hydrogen) atoms. The predicted molar refractivity (Wildman–Crippen MR) is 73.9 cm³/mol. The summed E-state index contributed by atoms with van der Waals surface area (Å²) in [5, 5.41) is 1.12. The zero-order chi connectivity index (χ0) is 12.5. The van der Waals surface area contributed by atoms with Crippen LogP contribution in [0.15, 0.2) is 6.33 Å². The van der Waals surface area contributed by atoms with Gasteiger partial charge in [-0.3, -0.25) is 0 Å². The van der Waals surface area contributed by atoms with Gasteiger partial charge in [-0.25, -0.2) is 9.97 Å². The van der Waals surface area contributed by atoms with Crippen molar-refractivity contribution in [1.29, 1.82) is 0 Å². The van der Waals surface area contributed by atoms with E-state index in [1.807, 2.05) is 6.92 Å². The molecular formula is C12H17N5S. The van der Waals surface area contributed by atoms with Gasteiger partial charge in [-0.1, -0.05) is 0 Å². The van der Waals surface area contributed by atoms with E-state index >= 15 is 0 Å². The minimum Gasteiger partial charge on any atom is -0.356 e. The second-order valence-electron chi connectivity index (χ2n) is 4.82. The number of fused-ring (bicyclic) bond motifs is 1. The highest BCUT2D eigenvalue weighted by Gasteiger charge is 2.25. The fourth-order valence-corrected chi connectivity index (χ4v) is 3.38. The number of hydrogen-bond donors (Lipinski definition) is 1. The van der Waals surface area contributed by atoms with Gasteiger partial charge in [0.25, 0.3) is 0 Å². The van der Waals surface area contributed by atoms with E-state index in [1.165, 1.54) is 18.0 Å². The molecule has 1 fully saturated rings. The number of nitrogens with zero attached hydrogens (tertiary/aromatic N) is 4. The SMILES string of the molecule is Cc1nsc2ncnc(N3CCC(CCN)C3)c12. The van der Waals surface area contributed by atoms with Gasteiger partial charge in [0, 0.05) is 13.1 Å². The minimum absolute atomic E-state index is 0.701. The lowest BCUT2D eigenvalue weighted by atomic mass is 10.1. The third kappa shape index (κ3) is 1.95. The number of rotatable bonds is 3. The topological polar surface area (TPSA) is 67.9 Å². The predicted octanol–water partition coefficient (Wildman–Crippen LogP) is 1.57. The molecule has 2 aromatic rings. The van der Waals surface area contributed by atoms with Crippen molar-refractivity contribution in [2.75, 3.05) is 24.5 Å². The highest BCUT2D eigenvalue weighted by atomic mass is 32.1. The molecule has 0 radical (unpaired) electrons. The molecule has 1 aliphatic heterocycles. The van der Waals surface area contributed by atoms with Gasteiger partial charge >= 0.3 is 0 Å². The highest BCUT2D eigenvalue weighted by molar-refractivity contribution is 7.13. The maximum absolute atomic E-state index is 5.64. The van der Waals surface area contributed by atoms with Crippen molar-refractivity contribution in [3.05, 3.63) is 12.0 Å². The van der Waals surface area contributed by atoms with E-state index in [4.69, 9.17) is 5.73 Å². The van der Waals surface area contributed by atoms with Crippen molar-refractivity contribution < 1.29 is 0 Å². The van der Waals surface area contributed by atoms with E-state index in [-0.39, 0.29) is 0 Å². The van der Waals surface area contributed by atoms with Gasteiger partial charge in [-0.05, 0) is 43.8 Å². The molecule has 1 aliphatic rings. The van der Waals surface area contributed by atoms with Gasteiger partial charge in [-0.2, -0.15) is 4.37 Å². The molecule has 0 spiro atoms. The third-order valence-electron chi connectivity index (χ3n) is 3.58. The maximum Gasteiger partial charge on any atom is 0.149 e. The van der Waals surface area contributed by atoms with Crippen molar-refractivity contribution in [3.63, 3.8) is 0 Å². The molecule has 96 valence electrons. The van der Waals surface area contributed by atoms with Crippen molar-refractivity contribution in [3.8, 4) is 0 Å². The van der Waals surface area contributed by atoms with E-state index in [2.05, 4.69) is 19.2 Å². The maximum atomic E-state index is 5.64. The van der Waals surface area contributed by atoms with E-state index in [9.17, 15) is 0 Å². The quantitative estimate of drug-likeness (QED) is 0.910. The standard InChI is InChI=1S/C12H17N5S/c1-8-10-11(14-7-15-12(10)18-16-8)17-5-3-9(6-17)2-4-13/h7,9H,2-6,13H2,1H3. The monoisotopic (exact) mass is 263 g/mol. The Bertz CT molecular complexity index is 552. The van der Waals surface area contributed by atoms with Gasteiger partial charge < -0.3 is 10.6 Å². The number of hydrogen-bond acceptors (Lipinski definition) is 6. The lowest BCUT2D eigenvalue weighted by molar-refractivity contribution is 0.546. The van der Waals surface area contributed by atoms with Gasteiger partial charge in [0.05, 0.1) is 11.1 Å². The first-order valence-electron chi connectivity index (χ1n) is 6.31. The summed E-state index contributed by atoms with van der Waals surface area (Å²) in [7, 11) is 0. The molecule has 5 nitrogen and oxygen atoms in total. The summed E-state index contributed by atoms with van der Waals surface area (Å²) >= 11 is 1.45. The molecule has 0 aliphatic carbocycles. The second kappa shape index (κ2) is 4.78. The molecule has 1 atom stereocenters. The molecule has 0 bridgehead atoms. The first-order valence-corrected chi connectivity index (χ1v) is 7.09. The molecule has 2 N–H and O–H groups in total. The van der Waals surface area contributed by atoms with Crippen LogP contribution in [0.3, 0.4) is 0 Å². The van der Waals surface area contributed by atoms with E-state index in [0.717, 1.165) is 47.8 Å². The largest absolute Gasteiger partial charge is 0.356 e. The fraction of sp³-hybridized carbons (Fsp3) is 0.583. The molecule has 2 aromatic heterocycles. The van der Waals surface area contributed by atoms with Crippen molar-refractivity contribution in [2.45, 2.75) is 19.8 Å². The first kappa shape index (κ1) is 11.8. The number of aryl methyl sites for hydroxylation is 1. The van der Waals surface area contributed by atoms with Crippen LogP contribution in [0.25, 0.3) is 10.2 Å². The van der Waals surface area contributed by atoms with Crippen LogP contribution in [0, 0.1) is 12.8 Å². The number of aromatic nitrogens is 3. The van der Waals surface area contributed by atoms with Crippen LogP contribution in [0.4, 0.5) is 5.82 Å². The van der Waals surface area contributed by atoms with Gasteiger partial charge in [0.15, 0.2) is 0 Å². The Morgan fingerprint density at radius 2 is 2.39 bits per heavy atom. The highest BCUT2D eigenvalue weighted by Crippen LogP contribution is 2.32. The fourth-order valence-electron chi connectivity index (χ4n) is 2.64. The van der Waals surface area contributed by atoms with Crippen molar-refractivity contribution in [2.24, 2.45) is 11.7 Å². The lowest BCUT2D eigenvalue weighted by Gasteiger charge is -2.18. The van der Waals surface area contributed by atoms with Crippen LogP contribution in [-0.2, 0) is 0 Å². The summed E-state index contributed by atoms with van der Waals surface area (Å²) in [6.07, 6.45) is 3.95. The Balaban J connectivity index is 1.93. The Hall–Kier alpha value is -1.27. The molecule has 3 heterocycles. The van der Waals surface area contributed by atoms with Crippen molar-refractivity contribution >= 4 is 27.6 Å². The van der Waals surface area contributed by atoms with E-state index < -0.39 is 0 Å². The molecule has 6 heteroatoms. The molecule has 1 unspecified atom stereocenters. The smallest absolute Gasteiger partial charge is 0.149 e. The summed E-state index contributed by atoms with van der Waals surface area (Å²) in [5.41, 5.74) is 6.67. The normalized spacial score (nSPS) is 19.9. The molecular weight excluding hydrogens is 246 g/mol. The van der Waals surface area contributed by atoms with E-state index in [0.29, 0.717) is 5.92 Å². The van der Waals surface area contributed by atoms with Crippen LogP contribution >= 0.6 is 11.5 Å². The summed E-state index contributed by atoms with van der Waals surface area (Å²) < 4.78 is 4.38. The first-order chi connectivity index (χ1) is 8.79. The average Bonchev–Trinajstić information content (AvgIpc) is 2.98. The van der Waals surface area contributed by atoms with Crippen LogP contribution < -0.4 is 10.6 Å². The Labute approximate surface area is 110 Å². The van der Waals surface area contributed by atoms with Crippen LogP contribution in [0.1, 0.15) is 18.5 Å². The van der Waals surface area contributed by atoms with Gasteiger partial charge in [-0.15, -0.1) is 0 Å². The zero-order valence-electron chi connectivity index (χ0n) is 10.5. The van der Waals surface area contributed by atoms with Crippen LogP contribution in [0.5, 0.6) is 0 Å². The number of anilines is 1. The lowest BCUT2D eigenvalue weighted by Crippen LogP contribution is -2.22. The molecule has 3 rings (SSSR count). The molecule has 0 saturated carbocycles. The van der Waals surface area contributed by atoms with Crippen molar-refractivity contribution in [1.82, 2.24) is 14.3 Å². The Morgan fingerprint density at radius 3 is 3.22 bits per heavy atom. The second-order valence-corrected chi connectivity index (χ2v) is 5.58. The Kier molecular flexibility index (Phi) is 3.13. The molecule has 1 saturated heterocycles. The average molecular weight is 263 g/mol. The van der Waals surface area contributed by atoms with Crippen LogP contribution in [-0.4, -0.2) is 34.0 Å². The van der Waals surface area contributed by atoms with E-state index in [1.54, 1.807) is 6.33 Å². The zero-order valence-corrected chi connectivity index (χ0v) is 11.3. The van der Waals surface area contributed by atoms with Gasteiger partial charge in [0.2, 0.25) is 0 Å².